The van der Waals surface area contributed by atoms with Crippen LogP contribution in [0.15, 0.2) is 35.9 Å². The highest BCUT2D eigenvalue weighted by atomic mass is 16.5. The molecule has 0 saturated carbocycles. The van der Waals surface area contributed by atoms with Crippen LogP contribution in [0.1, 0.15) is 41.0 Å². The number of aromatic nitrogens is 1. The monoisotopic (exact) mass is 463 g/mol. The molecule has 2 aromatic rings. The number of nitriles is 1. The van der Waals surface area contributed by atoms with Crippen molar-refractivity contribution in [2.75, 3.05) is 46.9 Å². The smallest absolute Gasteiger partial charge is 0.262 e. The van der Waals surface area contributed by atoms with Gasteiger partial charge in [-0.05, 0) is 56.7 Å². The zero-order chi connectivity index (χ0) is 24.7. The number of amides is 1. The van der Waals surface area contributed by atoms with E-state index in [-0.39, 0.29) is 17.5 Å². The molecule has 0 spiro atoms. The van der Waals surface area contributed by atoms with E-state index >= 15 is 0 Å². The van der Waals surface area contributed by atoms with E-state index in [1.165, 1.54) is 5.56 Å². The molecule has 182 valence electrons. The highest BCUT2D eigenvalue weighted by molar-refractivity contribution is 6.01. The van der Waals surface area contributed by atoms with Crippen LogP contribution in [0.3, 0.4) is 0 Å². The number of piperazine rings is 1. The lowest BCUT2D eigenvalue weighted by molar-refractivity contribution is -0.117. The Balaban J connectivity index is 1.64. The van der Waals surface area contributed by atoms with Gasteiger partial charge in [0.1, 0.15) is 11.6 Å². The SMILES string of the molecule is COCC(C)n1c(C)cc(/C=C(/C#N)C(=O)NCc2cccc(CN3CCN(C)CC3)c2)c1C. The maximum absolute atomic E-state index is 12.8. The quantitative estimate of drug-likeness (QED) is 0.456. The second-order valence-corrected chi connectivity index (χ2v) is 9.25. The number of carbonyl (C=O) groups is 1. The molecule has 0 bridgehead atoms. The van der Waals surface area contributed by atoms with Gasteiger partial charge >= 0.3 is 0 Å². The Morgan fingerprint density at radius 2 is 1.91 bits per heavy atom. The minimum Gasteiger partial charge on any atom is -0.383 e. The number of benzene rings is 1. The Morgan fingerprint density at radius 3 is 2.59 bits per heavy atom. The second kappa shape index (κ2) is 12.0. The minimum absolute atomic E-state index is 0.105. The molecular formula is C27H37N5O2. The van der Waals surface area contributed by atoms with Crippen LogP contribution in [0.4, 0.5) is 0 Å². The highest BCUT2D eigenvalue weighted by Gasteiger charge is 2.16. The lowest BCUT2D eigenvalue weighted by Crippen LogP contribution is -2.43. The van der Waals surface area contributed by atoms with E-state index < -0.39 is 0 Å². The van der Waals surface area contributed by atoms with Crippen molar-refractivity contribution in [3.05, 3.63) is 64.0 Å². The topological polar surface area (TPSA) is 73.5 Å². The molecule has 1 aromatic heterocycles. The molecule has 1 N–H and O–H groups in total. The fourth-order valence-corrected chi connectivity index (χ4v) is 4.63. The lowest BCUT2D eigenvalue weighted by atomic mass is 10.1. The molecule has 1 atom stereocenters. The second-order valence-electron chi connectivity index (χ2n) is 9.25. The summed E-state index contributed by atoms with van der Waals surface area (Å²) in [6, 6.07) is 12.6. The Hall–Kier alpha value is -2.92. The Morgan fingerprint density at radius 1 is 1.21 bits per heavy atom. The molecule has 34 heavy (non-hydrogen) atoms. The predicted molar refractivity (Wildman–Crippen MR) is 135 cm³/mol. The third-order valence-electron chi connectivity index (χ3n) is 6.48. The van der Waals surface area contributed by atoms with Gasteiger partial charge in [-0.1, -0.05) is 24.3 Å². The van der Waals surface area contributed by atoms with Crippen LogP contribution in [-0.2, 0) is 22.6 Å². The predicted octanol–water partition coefficient (Wildman–Crippen LogP) is 3.28. The highest BCUT2D eigenvalue weighted by Crippen LogP contribution is 2.23. The van der Waals surface area contributed by atoms with Gasteiger partial charge in [-0.3, -0.25) is 9.69 Å². The Kier molecular flexibility index (Phi) is 9.05. The zero-order valence-corrected chi connectivity index (χ0v) is 21.1. The molecule has 3 rings (SSSR count). The molecule has 1 amide bonds. The number of aryl methyl sites for hydroxylation is 1. The summed E-state index contributed by atoms with van der Waals surface area (Å²) in [5.41, 5.74) is 5.34. The average molecular weight is 464 g/mol. The molecule has 1 aliphatic heterocycles. The van der Waals surface area contributed by atoms with E-state index in [0.717, 1.165) is 55.2 Å². The normalized spacial score (nSPS) is 16.3. The number of ether oxygens (including phenoxy) is 1. The van der Waals surface area contributed by atoms with E-state index in [0.29, 0.717) is 13.2 Å². The number of methoxy groups -OCH3 is 1. The van der Waals surface area contributed by atoms with Gasteiger partial charge in [0.25, 0.3) is 5.91 Å². The summed E-state index contributed by atoms with van der Waals surface area (Å²) in [5.74, 6) is -0.360. The van der Waals surface area contributed by atoms with Crippen molar-refractivity contribution in [2.24, 2.45) is 0 Å². The average Bonchev–Trinajstić information content (AvgIpc) is 3.10. The number of nitrogens with zero attached hydrogens (tertiary/aromatic N) is 4. The number of carbonyl (C=O) groups excluding carboxylic acids is 1. The van der Waals surface area contributed by atoms with Gasteiger partial charge in [0.05, 0.1) is 12.6 Å². The molecule has 1 fully saturated rings. The molecular weight excluding hydrogens is 426 g/mol. The van der Waals surface area contributed by atoms with Gasteiger partial charge in [0.15, 0.2) is 0 Å². The van der Waals surface area contributed by atoms with Crippen molar-refractivity contribution >= 4 is 12.0 Å². The number of hydrogen-bond acceptors (Lipinski definition) is 5. The van der Waals surface area contributed by atoms with Gasteiger partial charge < -0.3 is 19.5 Å². The summed E-state index contributed by atoms with van der Waals surface area (Å²) < 4.78 is 7.46. The summed E-state index contributed by atoms with van der Waals surface area (Å²) in [5, 5.41) is 12.6. The van der Waals surface area contributed by atoms with Crippen molar-refractivity contribution in [2.45, 2.75) is 39.9 Å². The fourth-order valence-electron chi connectivity index (χ4n) is 4.63. The van der Waals surface area contributed by atoms with Crippen LogP contribution in [0.5, 0.6) is 0 Å². The molecule has 1 unspecified atom stereocenters. The Bertz CT molecular complexity index is 1060. The van der Waals surface area contributed by atoms with E-state index in [9.17, 15) is 10.1 Å². The number of rotatable bonds is 9. The van der Waals surface area contributed by atoms with Crippen LogP contribution < -0.4 is 5.32 Å². The summed E-state index contributed by atoms with van der Waals surface area (Å²) in [6.45, 7) is 12.3. The summed E-state index contributed by atoms with van der Waals surface area (Å²) in [7, 11) is 3.84. The van der Waals surface area contributed by atoms with Crippen LogP contribution in [0.2, 0.25) is 0 Å². The van der Waals surface area contributed by atoms with Gasteiger partial charge in [-0.15, -0.1) is 0 Å². The van der Waals surface area contributed by atoms with Crippen molar-refractivity contribution in [3.8, 4) is 6.07 Å². The van der Waals surface area contributed by atoms with Crippen molar-refractivity contribution in [1.29, 1.82) is 5.26 Å². The van der Waals surface area contributed by atoms with E-state index in [4.69, 9.17) is 4.74 Å². The molecule has 1 aliphatic rings. The fraction of sp³-hybridized carbons (Fsp3) is 0.481. The van der Waals surface area contributed by atoms with Crippen molar-refractivity contribution < 1.29 is 9.53 Å². The first-order valence-corrected chi connectivity index (χ1v) is 11.9. The maximum Gasteiger partial charge on any atom is 0.262 e. The zero-order valence-electron chi connectivity index (χ0n) is 21.1. The standard InChI is InChI=1S/C27H37N5O2/c1-20-13-25(22(3)32(20)21(2)19-34-5)15-26(16-28)27(33)29-17-23-7-6-8-24(14-23)18-31-11-9-30(4)10-12-31/h6-8,13-15,21H,9-12,17-19H2,1-5H3,(H,29,33)/b26-15-. The summed E-state index contributed by atoms with van der Waals surface area (Å²) in [6.07, 6.45) is 1.68. The Labute approximate surface area is 203 Å². The van der Waals surface area contributed by atoms with Crippen LogP contribution in [-0.4, -0.2) is 67.2 Å². The van der Waals surface area contributed by atoms with E-state index in [1.807, 2.05) is 32.0 Å². The minimum atomic E-state index is -0.360. The number of likely N-dealkylation sites (N-methyl/N-ethyl adjacent to an activating group) is 1. The molecule has 0 radical (unpaired) electrons. The van der Waals surface area contributed by atoms with E-state index in [1.54, 1.807) is 13.2 Å². The van der Waals surface area contributed by atoms with Crippen LogP contribution >= 0.6 is 0 Å². The van der Waals surface area contributed by atoms with Gasteiger partial charge in [-0.25, -0.2) is 0 Å². The molecule has 1 aromatic carbocycles. The number of nitrogens with one attached hydrogen (secondary N) is 1. The van der Waals surface area contributed by atoms with Crippen molar-refractivity contribution in [3.63, 3.8) is 0 Å². The number of hydrogen-bond donors (Lipinski definition) is 1. The largest absolute Gasteiger partial charge is 0.383 e. The third-order valence-corrected chi connectivity index (χ3v) is 6.48. The molecule has 1 saturated heterocycles. The summed E-state index contributed by atoms with van der Waals surface area (Å²) >= 11 is 0. The lowest BCUT2D eigenvalue weighted by Gasteiger charge is -2.32. The first-order valence-electron chi connectivity index (χ1n) is 11.9. The molecule has 7 nitrogen and oxygen atoms in total. The van der Waals surface area contributed by atoms with Gasteiger partial charge in [-0.2, -0.15) is 5.26 Å². The van der Waals surface area contributed by atoms with Crippen LogP contribution in [0.25, 0.3) is 6.08 Å². The van der Waals surface area contributed by atoms with Gasteiger partial charge in [0, 0.05) is 57.8 Å². The van der Waals surface area contributed by atoms with Crippen molar-refractivity contribution in [1.82, 2.24) is 19.7 Å². The molecule has 7 heteroatoms. The first-order chi connectivity index (χ1) is 16.3. The summed E-state index contributed by atoms with van der Waals surface area (Å²) in [4.78, 5) is 17.6. The molecule has 2 heterocycles. The molecule has 0 aliphatic carbocycles. The first kappa shape index (κ1) is 25.7. The third kappa shape index (κ3) is 6.57. The van der Waals surface area contributed by atoms with Crippen LogP contribution in [0, 0.1) is 25.2 Å². The van der Waals surface area contributed by atoms with E-state index in [2.05, 4.69) is 51.9 Å². The van der Waals surface area contributed by atoms with Gasteiger partial charge in [0.2, 0.25) is 0 Å². The maximum atomic E-state index is 12.8.